The van der Waals surface area contributed by atoms with Crippen LogP contribution in [0.1, 0.15) is 58.1 Å². The minimum Gasteiger partial charge on any atom is -0.309 e. The third kappa shape index (κ3) is 13.1. The van der Waals surface area contributed by atoms with Crippen molar-refractivity contribution >= 4 is 37.8 Å². The minimum atomic E-state index is -4.03. The molecule has 0 aliphatic carbocycles. The molecule has 0 aromatic heterocycles. The Bertz CT molecular complexity index is 1510. The third-order valence-electron chi connectivity index (χ3n) is 7.53. The fourth-order valence-corrected chi connectivity index (χ4v) is 8.35. The van der Waals surface area contributed by atoms with Crippen LogP contribution in [-0.2, 0) is 29.5 Å². The number of hydrazine groups is 1. The van der Waals surface area contributed by atoms with Crippen LogP contribution < -0.4 is 16.7 Å². The predicted molar refractivity (Wildman–Crippen MR) is 184 cm³/mol. The molecule has 47 heavy (non-hydrogen) atoms. The molecule has 3 atom stereocenters. The Balaban J connectivity index is 0.000000841. The molecule has 0 radical (unpaired) electrons. The van der Waals surface area contributed by atoms with Crippen molar-refractivity contribution in [2.75, 3.05) is 26.4 Å². The average Bonchev–Trinajstić information content (AvgIpc) is 2.98. The first kappa shape index (κ1) is 41.9. The number of hydroxylamine groups is 1. The molecule has 14 heteroatoms. The maximum Gasteiger partial charge on any atom is 0.294 e. The lowest BCUT2D eigenvalue weighted by atomic mass is 9.72. The van der Waals surface area contributed by atoms with Gasteiger partial charge in [0, 0.05) is 0 Å². The largest absolute Gasteiger partial charge is 0.309 e. The highest BCUT2D eigenvalue weighted by Gasteiger charge is 2.55. The topological polar surface area (TPSA) is 196 Å². The normalized spacial score (nSPS) is 14.7. The summed E-state index contributed by atoms with van der Waals surface area (Å²) in [5.41, 5.74) is 5.47. The van der Waals surface area contributed by atoms with E-state index in [2.05, 4.69) is 5.43 Å². The average molecular weight is 697 g/mol. The molecule has 264 valence electrons. The molecule has 2 rings (SSSR count). The summed E-state index contributed by atoms with van der Waals surface area (Å²) in [6, 6.07) is 15.2. The number of amides is 2. The van der Waals surface area contributed by atoms with Gasteiger partial charge in [-0.15, -0.1) is 0 Å². The quantitative estimate of drug-likeness (QED) is 0.0565. The van der Waals surface area contributed by atoms with E-state index < -0.39 is 48.4 Å². The molecule has 12 nitrogen and oxygen atoms in total. The van der Waals surface area contributed by atoms with E-state index in [9.17, 15) is 31.6 Å². The Kier molecular flexibility index (Phi) is 16.9. The molecule has 1 unspecified atom stereocenters. The molecular formula is C33H52N4O8S2. The summed E-state index contributed by atoms with van der Waals surface area (Å²) in [4.78, 5) is 28.2. The van der Waals surface area contributed by atoms with Gasteiger partial charge in [0.2, 0.25) is 11.8 Å². The Morgan fingerprint density at radius 1 is 0.936 bits per heavy atom. The summed E-state index contributed by atoms with van der Waals surface area (Å²) >= 11 is 0. The van der Waals surface area contributed by atoms with Crippen LogP contribution in [-0.4, -0.2) is 74.4 Å². The first-order chi connectivity index (χ1) is 21.8. The van der Waals surface area contributed by atoms with Gasteiger partial charge in [0.05, 0.1) is 22.5 Å². The van der Waals surface area contributed by atoms with Gasteiger partial charge in [-0.1, -0.05) is 87.9 Å². The van der Waals surface area contributed by atoms with Crippen molar-refractivity contribution in [3.05, 3.63) is 71.8 Å². The third-order valence-corrected chi connectivity index (χ3v) is 10.9. The van der Waals surface area contributed by atoms with Crippen molar-refractivity contribution in [2.24, 2.45) is 29.5 Å². The summed E-state index contributed by atoms with van der Waals surface area (Å²) in [7, 11) is -4.33. The number of benzene rings is 2. The number of aryl methyl sites for hydroxylation is 1. The number of hydrogen-bond donors (Lipinski definition) is 5. The molecule has 0 saturated carbocycles. The predicted octanol–water partition coefficient (Wildman–Crippen LogP) is 3.87. The fourth-order valence-electron chi connectivity index (χ4n) is 5.46. The highest BCUT2D eigenvalue weighted by molar-refractivity contribution is 7.93. The van der Waals surface area contributed by atoms with Gasteiger partial charge in [-0.25, -0.2) is 19.7 Å². The zero-order chi connectivity index (χ0) is 36.0. The van der Waals surface area contributed by atoms with Gasteiger partial charge in [-0.3, -0.25) is 24.8 Å². The molecule has 0 aliphatic rings. The van der Waals surface area contributed by atoms with Crippen molar-refractivity contribution < 1.29 is 36.2 Å². The maximum atomic E-state index is 14.3. The van der Waals surface area contributed by atoms with Gasteiger partial charge >= 0.3 is 0 Å². The summed E-state index contributed by atoms with van der Waals surface area (Å²) < 4.78 is 56.3. The van der Waals surface area contributed by atoms with Crippen LogP contribution in [0, 0.1) is 30.6 Å². The molecule has 0 saturated heterocycles. The van der Waals surface area contributed by atoms with E-state index in [1.54, 1.807) is 29.8 Å². The Hall–Kier alpha value is -3.14. The molecule has 0 fully saturated rings. The van der Waals surface area contributed by atoms with E-state index in [4.69, 9.17) is 10.4 Å². The van der Waals surface area contributed by atoms with E-state index in [0.29, 0.717) is 13.0 Å². The van der Waals surface area contributed by atoms with Crippen molar-refractivity contribution in [1.82, 2.24) is 15.8 Å². The van der Waals surface area contributed by atoms with Crippen LogP contribution in [0.5, 0.6) is 0 Å². The Labute approximate surface area is 280 Å². The van der Waals surface area contributed by atoms with Crippen molar-refractivity contribution in [2.45, 2.75) is 63.5 Å². The second-order valence-corrected chi connectivity index (χ2v) is 16.6. The van der Waals surface area contributed by atoms with Crippen LogP contribution in [0.2, 0.25) is 0 Å². The number of sulfone groups is 1. The van der Waals surface area contributed by atoms with Gasteiger partial charge in [0.25, 0.3) is 10.1 Å². The number of rotatable bonds is 16. The molecule has 0 heterocycles. The van der Waals surface area contributed by atoms with Gasteiger partial charge < -0.3 is 4.90 Å². The second kappa shape index (κ2) is 19.0. The lowest BCUT2D eigenvalue weighted by Crippen LogP contribution is -2.58. The molecule has 2 amide bonds. The number of hydrogen-bond acceptors (Lipinski definition) is 9. The van der Waals surface area contributed by atoms with E-state index in [-0.39, 0.29) is 35.3 Å². The molecule has 0 spiro atoms. The van der Waals surface area contributed by atoms with Crippen LogP contribution in [0.15, 0.2) is 65.6 Å². The van der Waals surface area contributed by atoms with E-state index >= 15 is 0 Å². The van der Waals surface area contributed by atoms with E-state index in [0.717, 1.165) is 11.1 Å². The van der Waals surface area contributed by atoms with Crippen LogP contribution in [0.3, 0.4) is 0 Å². The summed E-state index contributed by atoms with van der Waals surface area (Å²) in [5, 5.41) is 9.75. The maximum absolute atomic E-state index is 14.3. The lowest BCUT2D eigenvalue weighted by molar-refractivity contribution is -0.142. The van der Waals surface area contributed by atoms with Crippen molar-refractivity contribution in [1.29, 1.82) is 0 Å². The minimum absolute atomic E-state index is 0.0485. The Morgan fingerprint density at radius 2 is 1.51 bits per heavy atom. The zero-order valence-corrected chi connectivity index (χ0v) is 30.0. The first-order valence-electron chi connectivity index (χ1n) is 15.4. The highest BCUT2D eigenvalue weighted by Crippen LogP contribution is 2.43. The summed E-state index contributed by atoms with van der Waals surface area (Å²) in [6.45, 7) is 9.87. The van der Waals surface area contributed by atoms with E-state index in [1.165, 1.54) is 12.1 Å². The SMILES string of the molecule is CC(C)C[C@@H](C(=O)NN)[C@@H](C(=O)NO)C(/C=C/c1ccccc1)(CC(C)C)S(=O)(=O)CCCN(C)C.Cc1ccc(S(=O)(=O)O)cc1. The van der Waals surface area contributed by atoms with Crippen LogP contribution >= 0.6 is 0 Å². The van der Waals surface area contributed by atoms with Crippen molar-refractivity contribution in [3.8, 4) is 0 Å². The highest BCUT2D eigenvalue weighted by atomic mass is 32.2. The first-order valence-corrected chi connectivity index (χ1v) is 18.5. The fraction of sp³-hybridized carbons (Fsp3) is 0.515. The van der Waals surface area contributed by atoms with Gasteiger partial charge in [-0.2, -0.15) is 8.42 Å². The van der Waals surface area contributed by atoms with E-state index in [1.807, 2.05) is 83.9 Å². The zero-order valence-electron chi connectivity index (χ0n) is 28.4. The number of nitrogens with one attached hydrogen (secondary N) is 2. The number of nitrogens with two attached hydrogens (primary N) is 1. The number of nitrogens with zero attached hydrogens (tertiary/aromatic N) is 1. The van der Waals surface area contributed by atoms with Gasteiger partial charge in [0.1, 0.15) is 4.75 Å². The molecule has 2 aromatic rings. The monoisotopic (exact) mass is 696 g/mol. The van der Waals surface area contributed by atoms with Gasteiger partial charge in [0.15, 0.2) is 9.84 Å². The molecule has 0 aliphatic heterocycles. The molecular weight excluding hydrogens is 645 g/mol. The van der Waals surface area contributed by atoms with Crippen LogP contribution in [0.4, 0.5) is 0 Å². The summed E-state index contributed by atoms with van der Waals surface area (Å²) in [5.74, 6) is 1.01. The standard InChI is InChI=1S/C26H44N4O5S.C7H8O3S/c1-19(2)17-22(24(31)28-27)23(25(32)29-33)26(18-20(3)4,14-13-21-11-8-7-9-12-21)36(34,35)16-10-15-30(5)6;1-6-2-4-7(5-3-6)11(8,9)10/h7-9,11-14,19-20,22-23,33H,10,15-18,27H2,1-6H3,(H,28,31)(H,29,32);2-5H,1H3,(H,8,9,10)/b14-13+;/t22-,23+,26?;/m1./s1. The molecule has 6 N–H and O–H groups in total. The molecule has 2 aromatic carbocycles. The second-order valence-electron chi connectivity index (χ2n) is 12.8. The number of carbonyl (C=O) groups excluding carboxylic acids is 2. The van der Waals surface area contributed by atoms with Crippen LogP contribution in [0.25, 0.3) is 6.08 Å². The van der Waals surface area contributed by atoms with Gasteiger partial charge in [-0.05, 0) is 76.4 Å². The Morgan fingerprint density at radius 3 is 1.96 bits per heavy atom. The lowest BCUT2D eigenvalue weighted by Gasteiger charge is -2.41. The van der Waals surface area contributed by atoms with Crippen molar-refractivity contribution in [3.63, 3.8) is 0 Å². The smallest absolute Gasteiger partial charge is 0.294 e. The number of carbonyl (C=O) groups is 2. The summed E-state index contributed by atoms with van der Waals surface area (Å²) in [6.07, 6.45) is 3.85. The molecule has 0 bridgehead atoms.